The van der Waals surface area contributed by atoms with Gasteiger partial charge in [0.15, 0.2) is 0 Å². The first kappa shape index (κ1) is 19.1. The summed E-state index contributed by atoms with van der Waals surface area (Å²) in [5.74, 6) is 0.220. The van der Waals surface area contributed by atoms with Crippen LogP contribution in [0, 0.1) is 18.6 Å². The molecule has 0 aliphatic carbocycles. The number of carbonyl (C=O) groups excluding carboxylic acids is 1. The van der Waals surface area contributed by atoms with Gasteiger partial charge in [0.25, 0.3) is 0 Å². The van der Waals surface area contributed by atoms with Gasteiger partial charge in [-0.05, 0) is 49.4 Å². The molecule has 4 rings (SSSR count). The van der Waals surface area contributed by atoms with Crippen LogP contribution in [0.15, 0.2) is 52.9 Å². The van der Waals surface area contributed by atoms with Gasteiger partial charge in [0.1, 0.15) is 17.4 Å². The number of hydrogen-bond donors (Lipinski definition) is 0. The SMILES string of the molecule is Cc1oc(-c2cccc(F)c2)nc1CC(=O)N1CCN(c2ccc(F)cc2)CC1. The van der Waals surface area contributed by atoms with E-state index in [0.29, 0.717) is 49.1 Å². The lowest BCUT2D eigenvalue weighted by Gasteiger charge is -2.36. The lowest BCUT2D eigenvalue weighted by molar-refractivity contribution is -0.130. The van der Waals surface area contributed by atoms with E-state index in [9.17, 15) is 13.6 Å². The molecule has 0 bridgehead atoms. The Labute approximate surface area is 167 Å². The van der Waals surface area contributed by atoms with Crippen molar-refractivity contribution in [1.82, 2.24) is 9.88 Å². The molecule has 0 N–H and O–H groups in total. The van der Waals surface area contributed by atoms with Crippen LogP contribution in [0.25, 0.3) is 11.5 Å². The molecule has 1 amide bonds. The van der Waals surface area contributed by atoms with Gasteiger partial charge in [0, 0.05) is 37.4 Å². The van der Waals surface area contributed by atoms with E-state index >= 15 is 0 Å². The second-order valence-electron chi connectivity index (χ2n) is 7.05. The Hall–Kier alpha value is -3.22. The molecule has 1 aliphatic rings. The first-order valence-electron chi connectivity index (χ1n) is 9.50. The molecule has 0 unspecified atom stereocenters. The van der Waals surface area contributed by atoms with E-state index in [1.807, 2.05) is 0 Å². The Morgan fingerprint density at radius 2 is 1.76 bits per heavy atom. The molecule has 1 aliphatic heterocycles. The van der Waals surface area contributed by atoms with Crippen molar-refractivity contribution >= 4 is 11.6 Å². The van der Waals surface area contributed by atoms with Crippen molar-refractivity contribution in [3.8, 4) is 11.5 Å². The highest BCUT2D eigenvalue weighted by Gasteiger charge is 2.23. The van der Waals surface area contributed by atoms with Crippen LogP contribution in [-0.4, -0.2) is 42.0 Å². The predicted molar refractivity (Wildman–Crippen MR) is 106 cm³/mol. The number of hydrogen-bond acceptors (Lipinski definition) is 4. The first-order valence-corrected chi connectivity index (χ1v) is 9.50. The number of carbonyl (C=O) groups is 1. The average molecular weight is 397 g/mol. The fraction of sp³-hybridized carbons (Fsp3) is 0.273. The van der Waals surface area contributed by atoms with Crippen molar-refractivity contribution in [3.05, 3.63) is 71.6 Å². The van der Waals surface area contributed by atoms with Crippen LogP contribution in [0.4, 0.5) is 14.5 Å². The molecule has 1 aromatic heterocycles. The van der Waals surface area contributed by atoms with Crippen molar-refractivity contribution in [3.63, 3.8) is 0 Å². The Bertz CT molecular complexity index is 1010. The molecule has 3 aromatic rings. The Kier molecular flexibility index (Phi) is 5.29. The normalized spacial score (nSPS) is 14.3. The summed E-state index contributed by atoms with van der Waals surface area (Å²) in [7, 11) is 0. The standard InChI is InChI=1S/C22H21F2N3O2/c1-15-20(25-22(29-15)16-3-2-4-18(24)13-16)14-21(28)27-11-9-26(10-12-27)19-7-5-17(23)6-8-19/h2-8,13H,9-12,14H2,1H3. The molecule has 2 aromatic carbocycles. The van der Waals surface area contributed by atoms with Gasteiger partial charge in [0.2, 0.25) is 11.8 Å². The van der Waals surface area contributed by atoms with Crippen LogP contribution < -0.4 is 4.90 Å². The molecule has 29 heavy (non-hydrogen) atoms. The maximum Gasteiger partial charge on any atom is 0.228 e. The van der Waals surface area contributed by atoms with Crippen LogP contribution >= 0.6 is 0 Å². The topological polar surface area (TPSA) is 49.6 Å². The van der Waals surface area contributed by atoms with Crippen LogP contribution in [0.1, 0.15) is 11.5 Å². The molecule has 0 atom stereocenters. The Morgan fingerprint density at radius 3 is 2.45 bits per heavy atom. The van der Waals surface area contributed by atoms with Gasteiger partial charge >= 0.3 is 0 Å². The van der Waals surface area contributed by atoms with Crippen LogP contribution in [0.5, 0.6) is 0 Å². The number of rotatable bonds is 4. The number of piperazine rings is 1. The zero-order valence-electron chi connectivity index (χ0n) is 16.1. The minimum Gasteiger partial charge on any atom is -0.441 e. The molecule has 5 nitrogen and oxygen atoms in total. The molecule has 1 fully saturated rings. The molecule has 0 radical (unpaired) electrons. The molecular formula is C22H21F2N3O2. The van der Waals surface area contributed by atoms with Gasteiger partial charge in [0.05, 0.1) is 12.1 Å². The smallest absolute Gasteiger partial charge is 0.228 e. The molecule has 0 saturated carbocycles. The fourth-order valence-electron chi connectivity index (χ4n) is 3.46. The third-order valence-electron chi connectivity index (χ3n) is 5.11. The molecule has 0 spiro atoms. The number of oxazole rings is 1. The van der Waals surface area contributed by atoms with E-state index in [1.165, 1.54) is 24.3 Å². The van der Waals surface area contributed by atoms with Gasteiger partial charge in [-0.25, -0.2) is 13.8 Å². The maximum atomic E-state index is 13.4. The van der Waals surface area contributed by atoms with Gasteiger partial charge in [-0.15, -0.1) is 0 Å². The predicted octanol–water partition coefficient (Wildman–Crippen LogP) is 3.82. The zero-order valence-corrected chi connectivity index (χ0v) is 16.1. The van der Waals surface area contributed by atoms with Gasteiger partial charge < -0.3 is 14.2 Å². The number of aromatic nitrogens is 1. The van der Waals surface area contributed by atoms with Crippen LogP contribution in [0.3, 0.4) is 0 Å². The number of nitrogens with zero attached hydrogens (tertiary/aromatic N) is 3. The summed E-state index contributed by atoms with van der Waals surface area (Å²) in [6.07, 6.45) is 0.140. The van der Waals surface area contributed by atoms with Gasteiger partial charge in [-0.1, -0.05) is 6.07 Å². The summed E-state index contributed by atoms with van der Waals surface area (Å²) in [5, 5.41) is 0. The summed E-state index contributed by atoms with van der Waals surface area (Å²) in [6, 6.07) is 12.4. The van der Waals surface area contributed by atoms with E-state index in [4.69, 9.17) is 4.42 Å². The summed E-state index contributed by atoms with van der Waals surface area (Å²) in [6.45, 7) is 4.30. The van der Waals surface area contributed by atoms with E-state index in [-0.39, 0.29) is 24.0 Å². The van der Waals surface area contributed by atoms with Gasteiger partial charge in [-0.2, -0.15) is 0 Å². The second-order valence-corrected chi connectivity index (χ2v) is 7.05. The highest BCUT2D eigenvalue weighted by molar-refractivity contribution is 5.79. The van der Waals surface area contributed by atoms with Crippen LogP contribution in [-0.2, 0) is 11.2 Å². The average Bonchev–Trinajstić information content (AvgIpc) is 3.09. The van der Waals surface area contributed by atoms with Crippen molar-refractivity contribution in [1.29, 1.82) is 0 Å². The largest absolute Gasteiger partial charge is 0.441 e. The second kappa shape index (κ2) is 8.03. The quantitative estimate of drug-likeness (QED) is 0.672. The Morgan fingerprint density at radius 1 is 1.03 bits per heavy atom. The number of anilines is 1. The lowest BCUT2D eigenvalue weighted by atomic mass is 10.2. The zero-order chi connectivity index (χ0) is 20.4. The summed E-state index contributed by atoms with van der Waals surface area (Å²) >= 11 is 0. The summed E-state index contributed by atoms with van der Waals surface area (Å²) in [5.41, 5.74) is 2.06. The first-order chi connectivity index (χ1) is 14.0. The third kappa shape index (κ3) is 4.29. The molecule has 2 heterocycles. The van der Waals surface area contributed by atoms with Crippen molar-refractivity contribution < 1.29 is 18.0 Å². The van der Waals surface area contributed by atoms with E-state index < -0.39 is 0 Å². The van der Waals surface area contributed by atoms with E-state index in [1.54, 1.807) is 36.1 Å². The van der Waals surface area contributed by atoms with Crippen molar-refractivity contribution in [2.75, 3.05) is 31.1 Å². The third-order valence-corrected chi connectivity index (χ3v) is 5.11. The summed E-state index contributed by atoms with van der Waals surface area (Å²) < 4.78 is 32.2. The lowest BCUT2D eigenvalue weighted by Crippen LogP contribution is -2.49. The number of aryl methyl sites for hydroxylation is 1. The van der Waals surface area contributed by atoms with Gasteiger partial charge in [-0.3, -0.25) is 4.79 Å². The number of amides is 1. The minimum absolute atomic E-state index is 0.0223. The molecule has 7 heteroatoms. The molecule has 1 saturated heterocycles. The molecule has 150 valence electrons. The number of halogens is 2. The van der Waals surface area contributed by atoms with Crippen molar-refractivity contribution in [2.24, 2.45) is 0 Å². The minimum atomic E-state index is -0.366. The van der Waals surface area contributed by atoms with Crippen LogP contribution in [0.2, 0.25) is 0 Å². The van der Waals surface area contributed by atoms with E-state index in [0.717, 1.165) is 5.69 Å². The number of benzene rings is 2. The molecular weight excluding hydrogens is 376 g/mol. The fourth-order valence-corrected chi connectivity index (χ4v) is 3.46. The highest BCUT2D eigenvalue weighted by atomic mass is 19.1. The monoisotopic (exact) mass is 397 g/mol. The summed E-state index contributed by atoms with van der Waals surface area (Å²) in [4.78, 5) is 21.1. The Balaban J connectivity index is 1.38. The maximum absolute atomic E-state index is 13.4. The highest BCUT2D eigenvalue weighted by Crippen LogP contribution is 2.23. The van der Waals surface area contributed by atoms with Crippen molar-refractivity contribution in [2.45, 2.75) is 13.3 Å². The van der Waals surface area contributed by atoms with E-state index in [2.05, 4.69) is 9.88 Å².